The highest BCUT2D eigenvalue weighted by molar-refractivity contribution is 5.93. The molecule has 2 aromatic heterocycles. The zero-order valence-electron chi connectivity index (χ0n) is 13.6. The molecule has 0 saturated carbocycles. The summed E-state index contributed by atoms with van der Waals surface area (Å²) in [5.74, 6) is 0.694. The normalized spacial score (nSPS) is 11.0. The zero-order chi connectivity index (χ0) is 17.7. The van der Waals surface area contributed by atoms with E-state index in [1.165, 1.54) is 0 Å². The van der Waals surface area contributed by atoms with Gasteiger partial charge in [-0.3, -0.25) is 8.97 Å². The van der Waals surface area contributed by atoms with Crippen LogP contribution in [0.5, 0.6) is 0 Å². The number of benzene rings is 3. The summed E-state index contributed by atoms with van der Waals surface area (Å²) in [5.41, 5.74) is 5.23. The molecule has 3 aromatic carbocycles. The van der Waals surface area contributed by atoms with Crippen molar-refractivity contribution in [2.45, 2.75) is 0 Å². The number of imidazole rings is 2. The van der Waals surface area contributed by atoms with Crippen molar-refractivity contribution in [1.82, 2.24) is 14.0 Å². The second kappa shape index (κ2) is 5.20. The third-order valence-electron chi connectivity index (χ3n) is 4.59. The van der Waals surface area contributed by atoms with Crippen molar-refractivity contribution in [2.24, 2.45) is 0 Å². The molecule has 0 amide bonds. The lowest BCUT2D eigenvalue weighted by molar-refractivity contribution is 1.11. The molecule has 0 N–H and O–H groups in total. The molecule has 0 spiro atoms. The van der Waals surface area contributed by atoms with Gasteiger partial charge in [0.2, 0.25) is 11.5 Å². The summed E-state index contributed by atoms with van der Waals surface area (Å²) < 4.78 is 3.99. The van der Waals surface area contributed by atoms with E-state index in [9.17, 15) is 5.26 Å². The van der Waals surface area contributed by atoms with Crippen molar-refractivity contribution < 1.29 is 0 Å². The van der Waals surface area contributed by atoms with Crippen molar-refractivity contribution in [3.05, 3.63) is 83.7 Å². The van der Waals surface area contributed by atoms with E-state index in [0.717, 1.165) is 22.1 Å². The van der Waals surface area contributed by atoms with Crippen molar-refractivity contribution >= 4 is 33.5 Å². The minimum absolute atomic E-state index is 0.430. The molecule has 0 fully saturated rings. The Morgan fingerprint density at radius 2 is 1.62 bits per heavy atom. The van der Waals surface area contributed by atoms with Gasteiger partial charge in [-0.05, 0) is 30.3 Å². The Bertz CT molecular complexity index is 1370. The monoisotopic (exact) mass is 333 g/mol. The van der Waals surface area contributed by atoms with Gasteiger partial charge >= 0.3 is 0 Å². The predicted molar refractivity (Wildman–Crippen MR) is 101 cm³/mol. The molecule has 26 heavy (non-hydrogen) atoms. The fourth-order valence-corrected chi connectivity index (χ4v) is 3.52. The number of fused-ring (bicyclic) bond motifs is 5. The van der Waals surface area contributed by atoms with Crippen LogP contribution in [-0.4, -0.2) is 14.0 Å². The molecule has 0 atom stereocenters. The predicted octanol–water partition coefficient (Wildman–Crippen LogP) is 4.85. The van der Waals surface area contributed by atoms with E-state index in [0.29, 0.717) is 22.7 Å². The van der Waals surface area contributed by atoms with Gasteiger partial charge < -0.3 is 0 Å². The minimum atomic E-state index is 0.430. The highest BCUT2D eigenvalue weighted by Crippen LogP contribution is 2.34. The first kappa shape index (κ1) is 14.3. The Hall–Kier alpha value is -4.09. The molecular formula is C21H11N5. The van der Waals surface area contributed by atoms with E-state index in [1.54, 1.807) is 18.2 Å². The average molecular weight is 333 g/mol. The minimum Gasteiger partial charge on any atom is -0.287 e. The van der Waals surface area contributed by atoms with Gasteiger partial charge in [0.25, 0.3) is 0 Å². The first-order chi connectivity index (χ1) is 12.8. The number of aromatic nitrogens is 3. The van der Waals surface area contributed by atoms with Gasteiger partial charge in [0.15, 0.2) is 0 Å². The van der Waals surface area contributed by atoms with E-state index in [2.05, 4.69) is 15.3 Å². The molecule has 5 nitrogen and oxygen atoms in total. The Morgan fingerprint density at radius 3 is 2.38 bits per heavy atom. The molecule has 0 aliphatic rings. The highest BCUT2D eigenvalue weighted by atomic mass is 15.2. The number of para-hydroxylation sites is 5. The van der Waals surface area contributed by atoms with Crippen molar-refractivity contribution in [3.8, 4) is 11.8 Å². The molecule has 0 radical (unpaired) electrons. The van der Waals surface area contributed by atoms with Crippen LogP contribution in [0.1, 0.15) is 5.56 Å². The summed E-state index contributed by atoms with van der Waals surface area (Å²) in [4.78, 5) is 8.44. The quantitative estimate of drug-likeness (QED) is 0.412. The summed E-state index contributed by atoms with van der Waals surface area (Å²) >= 11 is 0. The fraction of sp³-hybridized carbons (Fsp3) is 0. The molecule has 5 heteroatoms. The molecule has 120 valence electrons. The number of hydrogen-bond donors (Lipinski definition) is 0. The van der Waals surface area contributed by atoms with Crippen LogP contribution < -0.4 is 0 Å². The molecule has 5 rings (SSSR count). The maximum absolute atomic E-state index is 9.63. The molecular weight excluding hydrogens is 322 g/mol. The molecule has 5 aromatic rings. The summed E-state index contributed by atoms with van der Waals surface area (Å²) in [6.45, 7) is 7.56. The standard InChI is InChI=1S/C21H11N5/c1-23-16-9-6-7-14(13-22)20(16)26-19-12-5-4-11-18(19)25-17-10-3-2-8-15(17)24-21(25)26/h2-12H. The van der Waals surface area contributed by atoms with Crippen molar-refractivity contribution in [2.75, 3.05) is 0 Å². The molecule has 0 bridgehead atoms. The van der Waals surface area contributed by atoms with Crippen LogP contribution in [-0.2, 0) is 0 Å². The van der Waals surface area contributed by atoms with Gasteiger partial charge in [0, 0.05) is 0 Å². The van der Waals surface area contributed by atoms with Gasteiger partial charge in [-0.2, -0.15) is 5.26 Å². The molecule has 0 unspecified atom stereocenters. The maximum atomic E-state index is 9.63. The Kier molecular flexibility index (Phi) is 2.86. The van der Waals surface area contributed by atoms with Gasteiger partial charge in [-0.25, -0.2) is 9.83 Å². The SMILES string of the molecule is [C-]#[N+]c1cccc(C#N)c1-n1c2ccccc2n2c3ccccc3nc12. The second-order valence-corrected chi connectivity index (χ2v) is 5.96. The van der Waals surface area contributed by atoms with Crippen LogP contribution in [0.2, 0.25) is 0 Å². The van der Waals surface area contributed by atoms with Crippen LogP contribution in [0.25, 0.3) is 38.4 Å². The van der Waals surface area contributed by atoms with E-state index >= 15 is 0 Å². The molecule has 0 aliphatic heterocycles. The smallest absolute Gasteiger partial charge is 0.219 e. The highest BCUT2D eigenvalue weighted by Gasteiger charge is 2.20. The molecule has 2 heterocycles. The van der Waals surface area contributed by atoms with Crippen LogP contribution in [0.4, 0.5) is 5.69 Å². The summed E-state index contributed by atoms with van der Waals surface area (Å²) in [6, 6.07) is 23.3. The first-order valence-electron chi connectivity index (χ1n) is 8.11. The Morgan fingerprint density at radius 1 is 0.885 bits per heavy atom. The lowest BCUT2D eigenvalue weighted by atomic mass is 10.1. The van der Waals surface area contributed by atoms with Gasteiger partial charge in [-0.1, -0.05) is 36.4 Å². The lowest BCUT2D eigenvalue weighted by Crippen LogP contribution is -1.98. The largest absolute Gasteiger partial charge is 0.287 e. The summed E-state index contributed by atoms with van der Waals surface area (Å²) in [7, 11) is 0. The Labute approximate surface area is 148 Å². The van der Waals surface area contributed by atoms with Gasteiger partial charge in [0.05, 0.1) is 46.0 Å². The lowest BCUT2D eigenvalue weighted by Gasteiger charge is -2.09. The van der Waals surface area contributed by atoms with E-state index < -0.39 is 0 Å². The number of nitrogens with zero attached hydrogens (tertiary/aromatic N) is 5. The third kappa shape index (κ3) is 1.74. The topological polar surface area (TPSA) is 50.4 Å². The Balaban J connectivity index is 2.08. The zero-order valence-corrected chi connectivity index (χ0v) is 13.6. The first-order valence-corrected chi connectivity index (χ1v) is 8.11. The van der Waals surface area contributed by atoms with Crippen LogP contribution in [0, 0.1) is 17.9 Å². The third-order valence-corrected chi connectivity index (χ3v) is 4.59. The molecule has 0 aliphatic carbocycles. The van der Waals surface area contributed by atoms with E-state index in [-0.39, 0.29) is 0 Å². The fourth-order valence-electron chi connectivity index (χ4n) is 3.52. The maximum Gasteiger partial charge on any atom is 0.219 e. The van der Waals surface area contributed by atoms with Gasteiger partial charge in [-0.15, -0.1) is 0 Å². The summed E-state index contributed by atoms with van der Waals surface area (Å²) in [5, 5.41) is 9.63. The van der Waals surface area contributed by atoms with Crippen LogP contribution in [0.3, 0.4) is 0 Å². The molecule has 0 saturated heterocycles. The van der Waals surface area contributed by atoms with E-state index in [4.69, 9.17) is 11.6 Å². The van der Waals surface area contributed by atoms with Gasteiger partial charge in [0.1, 0.15) is 0 Å². The van der Waals surface area contributed by atoms with Crippen LogP contribution >= 0.6 is 0 Å². The second-order valence-electron chi connectivity index (χ2n) is 5.96. The number of rotatable bonds is 1. The van der Waals surface area contributed by atoms with Crippen LogP contribution in [0.15, 0.2) is 66.7 Å². The average Bonchev–Trinajstić information content (AvgIpc) is 3.21. The number of hydrogen-bond acceptors (Lipinski definition) is 2. The van der Waals surface area contributed by atoms with Crippen molar-refractivity contribution in [3.63, 3.8) is 0 Å². The van der Waals surface area contributed by atoms with E-state index in [1.807, 2.05) is 53.1 Å². The summed E-state index contributed by atoms with van der Waals surface area (Å²) in [6.07, 6.45) is 0. The van der Waals surface area contributed by atoms with Crippen molar-refractivity contribution in [1.29, 1.82) is 5.26 Å². The number of nitriles is 1.